The Kier molecular flexibility index (Phi) is 4.66. The number of carbonyl (C=O) groups excluding carboxylic acids is 1. The van der Waals surface area contributed by atoms with E-state index in [1.54, 1.807) is 18.2 Å². The second kappa shape index (κ2) is 6.05. The first-order valence-corrected chi connectivity index (χ1v) is 7.02. The molecule has 1 aliphatic rings. The van der Waals surface area contributed by atoms with E-state index in [-0.39, 0.29) is 5.78 Å². The third-order valence-corrected chi connectivity index (χ3v) is 4.09. The molecule has 0 aromatic heterocycles. The third kappa shape index (κ3) is 3.47. The number of carbonyl (C=O) groups is 1. The summed E-state index contributed by atoms with van der Waals surface area (Å²) in [5.74, 6) is 0.794. The zero-order chi connectivity index (χ0) is 13.1. The number of nitrogens with zero attached hydrogens (tertiary/aromatic N) is 1. The molecule has 2 nitrogen and oxygen atoms in total. The number of hydrogen-bond donors (Lipinski definition) is 0. The van der Waals surface area contributed by atoms with Crippen LogP contribution in [0.15, 0.2) is 18.2 Å². The number of ketones is 1. The van der Waals surface area contributed by atoms with E-state index in [4.69, 9.17) is 23.2 Å². The highest BCUT2D eigenvalue weighted by atomic mass is 35.5. The maximum Gasteiger partial charge on any atom is 0.176 e. The molecule has 1 atom stereocenters. The topological polar surface area (TPSA) is 20.3 Å². The number of hydrogen-bond acceptors (Lipinski definition) is 2. The summed E-state index contributed by atoms with van der Waals surface area (Å²) in [7, 11) is 0. The molecule has 0 saturated carbocycles. The maximum atomic E-state index is 12.1. The van der Waals surface area contributed by atoms with Gasteiger partial charge in [0, 0.05) is 12.1 Å². The fourth-order valence-electron chi connectivity index (χ4n) is 2.39. The summed E-state index contributed by atoms with van der Waals surface area (Å²) in [5.41, 5.74) is 0.641. The fraction of sp³-hybridized carbons (Fsp3) is 0.500. The van der Waals surface area contributed by atoms with Crippen molar-refractivity contribution < 1.29 is 4.79 Å². The molecule has 1 heterocycles. The van der Waals surface area contributed by atoms with Crippen molar-refractivity contribution in [3.05, 3.63) is 33.8 Å². The molecule has 1 fully saturated rings. The van der Waals surface area contributed by atoms with Crippen molar-refractivity contribution in [2.45, 2.75) is 19.8 Å². The molecular weight excluding hydrogens is 269 g/mol. The van der Waals surface area contributed by atoms with Crippen molar-refractivity contribution >= 4 is 29.0 Å². The zero-order valence-electron chi connectivity index (χ0n) is 10.5. The summed E-state index contributed by atoms with van der Waals surface area (Å²) >= 11 is 11.8. The quantitative estimate of drug-likeness (QED) is 0.785. The first kappa shape index (κ1) is 13.9. The van der Waals surface area contributed by atoms with Crippen molar-refractivity contribution in [2.75, 3.05) is 19.6 Å². The number of rotatable bonds is 3. The summed E-state index contributed by atoms with van der Waals surface area (Å²) in [6.45, 7) is 4.72. The Hall–Kier alpha value is -0.570. The molecule has 0 aliphatic carbocycles. The van der Waals surface area contributed by atoms with Gasteiger partial charge in [-0.2, -0.15) is 0 Å². The first-order valence-electron chi connectivity index (χ1n) is 6.27. The van der Waals surface area contributed by atoms with Crippen molar-refractivity contribution in [1.82, 2.24) is 4.90 Å². The van der Waals surface area contributed by atoms with Gasteiger partial charge in [-0.05, 0) is 43.5 Å². The average molecular weight is 286 g/mol. The summed E-state index contributed by atoms with van der Waals surface area (Å²) in [4.78, 5) is 14.4. The number of likely N-dealkylation sites (tertiary alicyclic amines) is 1. The lowest BCUT2D eigenvalue weighted by atomic mass is 9.99. The molecule has 1 aromatic carbocycles. The molecule has 0 radical (unpaired) electrons. The van der Waals surface area contributed by atoms with E-state index in [0.29, 0.717) is 28.1 Å². The molecule has 4 heteroatoms. The minimum Gasteiger partial charge on any atom is -0.296 e. The van der Waals surface area contributed by atoms with E-state index >= 15 is 0 Å². The Morgan fingerprint density at radius 3 is 2.83 bits per heavy atom. The molecule has 1 aliphatic heterocycles. The van der Waals surface area contributed by atoms with Crippen LogP contribution in [0.3, 0.4) is 0 Å². The minimum absolute atomic E-state index is 0.114. The molecule has 0 amide bonds. The van der Waals surface area contributed by atoms with Crippen LogP contribution in [0.5, 0.6) is 0 Å². The SMILES string of the molecule is C[C@H]1CCCN(CC(=O)c2ccc(Cl)c(Cl)c2)C1. The normalized spacial score (nSPS) is 20.9. The van der Waals surface area contributed by atoms with Gasteiger partial charge in [0.05, 0.1) is 16.6 Å². The van der Waals surface area contributed by atoms with Crippen LogP contribution in [0, 0.1) is 5.92 Å². The van der Waals surface area contributed by atoms with Gasteiger partial charge in [0.15, 0.2) is 5.78 Å². The third-order valence-electron chi connectivity index (χ3n) is 3.35. The van der Waals surface area contributed by atoms with E-state index in [9.17, 15) is 4.79 Å². The highest BCUT2D eigenvalue weighted by Gasteiger charge is 2.19. The molecular formula is C14H17Cl2NO. The van der Waals surface area contributed by atoms with Crippen LogP contribution < -0.4 is 0 Å². The van der Waals surface area contributed by atoms with Gasteiger partial charge in [-0.15, -0.1) is 0 Å². The molecule has 1 saturated heterocycles. The smallest absolute Gasteiger partial charge is 0.176 e. The maximum absolute atomic E-state index is 12.1. The Balaban J connectivity index is 2.00. The molecule has 0 unspecified atom stereocenters. The molecule has 0 spiro atoms. The predicted octanol–water partition coefficient (Wildman–Crippen LogP) is 3.91. The lowest BCUT2D eigenvalue weighted by Crippen LogP contribution is -2.37. The van der Waals surface area contributed by atoms with Crippen molar-refractivity contribution in [3.63, 3.8) is 0 Å². The van der Waals surface area contributed by atoms with Crippen LogP contribution in [-0.2, 0) is 0 Å². The molecule has 0 N–H and O–H groups in total. The lowest BCUT2D eigenvalue weighted by molar-refractivity contribution is 0.0893. The predicted molar refractivity (Wildman–Crippen MR) is 75.6 cm³/mol. The lowest BCUT2D eigenvalue weighted by Gasteiger charge is -2.30. The molecule has 98 valence electrons. The van der Waals surface area contributed by atoms with Gasteiger partial charge in [-0.25, -0.2) is 0 Å². The molecule has 1 aromatic rings. The van der Waals surface area contributed by atoms with E-state index in [1.807, 2.05) is 0 Å². The Labute approximate surface area is 118 Å². The van der Waals surface area contributed by atoms with Crippen LogP contribution in [0.2, 0.25) is 10.0 Å². The van der Waals surface area contributed by atoms with Gasteiger partial charge in [0.1, 0.15) is 0 Å². The van der Waals surface area contributed by atoms with Gasteiger partial charge < -0.3 is 0 Å². The van der Waals surface area contributed by atoms with Gasteiger partial charge >= 0.3 is 0 Å². The van der Waals surface area contributed by atoms with Crippen molar-refractivity contribution in [1.29, 1.82) is 0 Å². The van der Waals surface area contributed by atoms with Crippen LogP contribution in [-0.4, -0.2) is 30.3 Å². The van der Waals surface area contributed by atoms with Crippen LogP contribution >= 0.6 is 23.2 Å². The van der Waals surface area contributed by atoms with E-state index < -0.39 is 0 Å². The summed E-state index contributed by atoms with van der Waals surface area (Å²) in [6, 6.07) is 5.07. The standard InChI is InChI=1S/C14H17Cl2NO/c1-10-3-2-6-17(8-10)9-14(18)11-4-5-12(15)13(16)7-11/h4-5,7,10H,2-3,6,8-9H2,1H3/t10-/m0/s1. The van der Waals surface area contributed by atoms with Crippen LogP contribution in [0.25, 0.3) is 0 Å². The van der Waals surface area contributed by atoms with E-state index in [0.717, 1.165) is 13.1 Å². The van der Waals surface area contributed by atoms with Gasteiger partial charge in [0.2, 0.25) is 0 Å². The minimum atomic E-state index is 0.114. The monoisotopic (exact) mass is 285 g/mol. The average Bonchev–Trinajstić information content (AvgIpc) is 2.32. The second-order valence-corrected chi connectivity index (χ2v) is 5.85. The first-order chi connectivity index (χ1) is 8.56. The number of piperidine rings is 1. The summed E-state index contributed by atoms with van der Waals surface area (Å²) < 4.78 is 0. The number of Topliss-reactive ketones (excluding diaryl/α,β-unsaturated/α-hetero) is 1. The van der Waals surface area contributed by atoms with Gasteiger partial charge in [-0.3, -0.25) is 9.69 Å². The highest BCUT2D eigenvalue weighted by molar-refractivity contribution is 6.42. The molecule has 18 heavy (non-hydrogen) atoms. The largest absolute Gasteiger partial charge is 0.296 e. The highest BCUT2D eigenvalue weighted by Crippen LogP contribution is 2.23. The van der Waals surface area contributed by atoms with Crippen molar-refractivity contribution in [3.8, 4) is 0 Å². The van der Waals surface area contributed by atoms with Crippen molar-refractivity contribution in [2.24, 2.45) is 5.92 Å². The summed E-state index contributed by atoms with van der Waals surface area (Å²) in [6.07, 6.45) is 2.44. The Bertz CT molecular complexity index is 447. The van der Waals surface area contributed by atoms with Crippen LogP contribution in [0.1, 0.15) is 30.1 Å². The van der Waals surface area contributed by atoms with Crippen LogP contribution in [0.4, 0.5) is 0 Å². The Morgan fingerprint density at radius 1 is 1.39 bits per heavy atom. The van der Waals surface area contributed by atoms with Gasteiger partial charge in [-0.1, -0.05) is 30.1 Å². The number of benzene rings is 1. The van der Waals surface area contributed by atoms with Gasteiger partial charge in [0.25, 0.3) is 0 Å². The van der Waals surface area contributed by atoms with E-state index in [1.165, 1.54) is 12.8 Å². The number of halogens is 2. The Morgan fingerprint density at radius 2 is 2.17 bits per heavy atom. The van der Waals surface area contributed by atoms with E-state index in [2.05, 4.69) is 11.8 Å². The molecule has 2 rings (SSSR count). The zero-order valence-corrected chi connectivity index (χ0v) is 12.0. The molecule has 0 bridgehead atoms. The fourth-order valence-corrected chi connectivity index (χ4v) is 2.69. The second-order valence-electron chi connectivity index (χ2n) is 5.03. The summed E-state index contributed by atoms with van der Waals surface area (Å²) in [5, 5.41) is 0.925.